The van der Waals surface area contributed by atoms with E-state index in [0.29, 0.717) is 6.42 Å². The summed E-state index contributed by atoms with van der Waals surface area (Å²) in [6.45, 7) is 1.91. The van der Waals surface area contributed by atoms with Crippen LogP contribution in [0.4, 0.5) is 0 Å². The Morgan fingerprint density at radius 1 is 1.47 bits per heavy atom. The molecule has 0 saturated carbocycles. The molecule has 0 aliphatic heterocycles. The van der Waals surface area contributed by atoms with Crippen LogP contribution in [0.2, 0.25) is 5.02 Å². The third-order valence-electron chi connectivity index (χ3n) is 2.55. The van der Waals surface area contributed by atoms with Gasteiger partial charge in [0.25, 0.3) is 0 Å². The van der Waals surface area contributed by atoms with E-state index in [1.165, 1.54) is 18.2 Å². The maximum absolute atomic E-state index is 12.0. The Kier molecular flexibility index (Phi) is 5.78. The highest BCUT2D eigenvalue weighted by atomic mass is 35.5. The van der Waals surface area contributed by atoms with Gasteiger partial charge in [-0.25, -0.2) is 8.42 Å². The Labute approximate surface area is 117 Å². The van der Waals surface area contributed by atoms with Crippen LogP contribution in [0.15, 0.2) is 29.2 Å². The minimum atomic E-state index is -3.87. The molecule has 1 aromatic carbocycles. The number of rotatable bonds is 7. The smallest absolute Gasteiger partial charge is 0.321 e. The first-order valence-electron chi connectivity index (χ1n) is 5.87. The van der Waals surface area contributed by atoms with Gasteiger partial charge in [0.05, 0.1) is 4.90 Å². The summed E-state index contributed by atoms with van der Waals surface area (Å²) < 4.78 is 26.2. The molecule has 0 amide bonds. The van der Waals surface area contributed by atoms with Crippen LogP contribution in [0.3, 0.4) is 0 Å². The van der Waals surface area contributed by atoms with Crippen molar-refractivity contribution in [1.82, 2.24) is 4.72 Å². The number of benzene rings is 1. The Morgan fingerprint density at radius 2 is 2.16 bits per heavy atom. The van der Waals surface area contributed by atoms with E-state index in [9.17, 15) is 13.2 Å². The molecule has 0 spiro atoms. The third-order valence-corrected chi connectivity index (χ3v) is 4.25. The van der Waals surface area contributed by atoms with Gasteiger partial charge in [0.15, 0.2) is 0 Å². The lowest BCUT2D eigenvalue weighted by molar-refractivity contribution is -0.139. The highest BCUT2D eigenvalue weighted by Crippen LogP contribution is 2.16. The standard InChI is InChI=1S/C12H16ClNO4S/c1-2-3-7-11(12(15)16)14-19(17,18)10-6-4-5-9(13)8-10/h4-6,8,11,14H,2-3,7H2,1H3,(H,15,16). The summed E-state index contributed by atoms with van der Waals surface area (Å²) in [4.78, 5) is 11.0. The fourth-order valence-corrected chi connectivity index (χ4v) is 3.05. The lowest BCUT2D eigenvalue weighted by atomic mass is 10.1. The summed E-state index contributed by atoms with van der Waals surface area (Å²) >= 11 is 5.73. The van der Waals surface area contributed by atoms with Crippen LogP contribution >= 0.6 is 11.6 Å². The van der Waals surface area contributed by atoms with Gasteiger partial charge in [-0.15, -0.1) is 0 Å². The van der Waals surface area contributed by atoms with Gasteiger partial charge in [0.2, 0.25) is 10.0 Å². The molecule has 19 heavy (non-hydrogen) atoms. The highest BCUT2D eigenvalue weighted by molar-refractivity contribution is 7.89. The van der Waals surface area contributed by atoms with E-state index in [1.54, 1.807) is 6.07 Å². The van der Waals surface area contributed by atoms with Crippen molar-refractivity contribution in [3.63, 3.8) is 0 Å². The summed E-state index contributed by atoms with van der Waals surface area (Å²) in [6, 6.07) is 4.57. The van der Waals surface area contributed by atoms with Crippen molar-refractivity contribution >= 4 is 27.6 Å². The zero-order valence-corrected chi connectivity index (χ0v) is 12.0. The third kappa shape index (κ3) is 4.81. The first kappa shape index (κ1) is 15.9. The molecule has 1 unspecified atom stereocenters. The van der Waals surface area contributed by atoms with E-state index in [-0.39, 0.29) is 16.3 Å². The summed E-state index contributed by atoms with van der Waals surface area (Å²) in [5.41, 5.74) is 0. The molecule has 1 rings (SSSR count). The number of sulfonamides is 1. The monoisotopic (exact) mass is 305 g/mol. The van der Waals surface area contributed by atoms with Crippen molar-refractivity contribution in [2.24, 2.45) is 0 Å². The van der Waals surface area contributed by atoms with Gasteiger partial charge in [-0.3, -0.25) is 4.79 Å². The number of carboxylic acids is 1. The quantitative estimate of drug-likeness (QED) is 0.809. The second-order valence-corrected chi connectivity index (χ2v) is 6.26. The molecular formula is C12H16ClNO4S. The van der Waals surface area contributed by atoms with Crippen molar-refractivity contribution in [2.75, 3.05) is 0 Å². The molecule has 0 heterocycles. The van der Waals surface area contributed by atoms with Gasteiger partial charge >= 0.3 is 5.97 Å². The second-order valence-electron chi connectivity index (χ2n) is 4.11. The molecule has 0 bridgehead atoms. The van der Waals surface area contributed by atoms with Crippen LogP contribution in [-0.2, 0) is 14.8 Å². The molecule has 106 valence electrons. The van der Waals surface area contributed by atoms with Gasteiger partial charge in [-0.1, -0.05) is 37.4 Å². The van der Waals surface area contributed by atoms with Crippen LogP contribution in [-0.4, -0.2) is 25.5 Å². The molecular weight excluding hydrogens is 290 g/mol. The zero-order valence-electron chi connectivity index (χ0n) is 10.5. The van der Waals surface area contributed by atoms with E-state index < -0.39 is 22.0 Å². The normalized spacial score (nSPS) is 13.2. The average Bonchev–Trinajstić information content (AvgIpc) is 2.34. The van der Waals surface area contributed by atoms with Gasteiger partial charge < -0.3 is 5.11 Å². The Hall–Kier alpha value is -1.11. The van der Waals surface area contributed by atoms with E-state index in [2.05, 4.69) is 4.72 Å². The molecule has 0 fully saturated rings. The predicted molar refractivity (Wildman–Crippen MR) is 72.7 cm³/mol. The second kappa shape index (κ2) is 6.88. The average molecular weight is 306 g/mol. The van der Waals surface area contributed by atoms with Crippen LogP contribution in [0.1, 0.15) is 26.2 Å². The minimum absolute atomic E-state index is 0.0391. The van der Waals surface area contributed by atoms with Crippen LogP contribution < -0.4 is 4.72 Å². The molecule has 0 aliphatic rings. The number of nitrogens with one attached hydrogen (secondary N) is 1. The Bertz CT molecular complexity index is 544. The Morgan fingerprint density at radius 3 is 2.68 bits per heavy atom. The molecule has 0 aromatic heterocycles. The lowest BCUT2D eigenvalue weighted by Crippen LogP contribution is -2.40. The molecule has 1 aromatic rings. The minimum Gasteiger partial charge on any atom is -0.480 e. The van der Waals surface area contributed by atoms with Crippen LogP contribution in [0.25, 0.3) is 0 Å². The number of hydrogen-bond donors (Lipinski definition) is 2. The molecule has 0 radical (unpaired) electrons. The van der Waals surface area contributed by atoms with Crippen molar-refractivity contribution < 1.29 is 18.3 Å². The number of aliphatic carboxylic acids is 1. The maximum Gasteiger partial charge on any atom is 0.321 e. The summed E-state index contributed by atoms with van der Waals surface area (Å²) in [7, 11) is -3.87. The van der Waals surface area contributed by atoms with E-state index in [4.69, 9.17) is 16.7 Å². The van der Waals surface area contributed by atoms with Gasteiger partial charge in [0, 0.05) is 5.02 Å². The maximum atomic E-state index is 12.0. The number of unbranched alkanes of at least 4 members (excludes halogenated alkanes) is 1. The predicted octanol–water partition coefficient (Wildman–Crippen LogP) is 2.26. The first-order valence-corrected chi connectivity index (χ1v) is 7.73. The number of carbonyl (C=O) groups is 1. The van der Waals surface area contributed by atoms with E-state index in [0.717, 1.165) is 6.42 Å². The van der Waals surface area contributed by atoms with Gasteiger partial charge in [0.1, 0.15) is 6.04 Å². The van der Waals surface area contributed by atoms with E-state index >= 15 is 0 Å². The summed E-state index contributed by atoms with van der Waals surface area (Å²) in [6.07, 6.45) is 1.68. The molecule has 0 aliphatic carbocycles. The number of halogens is 1. The molecule has 5 nitrogen and oxygen atoms in total. The fraction of sp³-hybridized carbons (Fsp3) is 0.417. The van der Waals surface area contributed by atoms with Gasteiger partial charge in [-0.2, -0.15) is 4.72 Å². The summed E-state index contributed by atoms with van der Waals surface area (Å²) in [5.74, 6) is -1.18. The van der Waals surface area contributed by atoms with Crippen molar-refractivity contribution in [2.45, 2.75) is 37.1 Å². The summed E-state index contributed by atoms with van der Waals surface area (Å²) in [5, 5.41) is 9.29. The Balaban J connectivity index is 2.91. The van der Waals surface area contributed by atoms with Crippen LogP contribution in [0, 0.1) is 0 Å². The van der Waals surface area contributed by atoms with Crippen molar-refractivity contribution in [1.29, 1.82) is 0 Å². The fourth-order valence-electron chi connectivity index (χ4n) is 1.53. The first-order chi connectivity index (χ1) is 8.86. The highest BCUT2D eigenvalue weighted by Gasteiger charge is 2.24. The number of carboxylic acid groups (broad SMARTS) is 1. The molecule has 0 saturated heterocycles. The molecule has 2 N–H and O–H groups in total. The molecule has 7 heteroatoms. The zero-order chi connectivity index (χ0) is 14.5. The van der Waals surface area contributed by atoms with Gasteiger partial charge in [-0.05, 0) is 24.6 Å². The molecule has 1 atom stereocenters. The van der Waals surface area contributed by atoms with Crippen molar-refractivity contribution in [3.05, 3.63) is 29.3 Å². The largest absolute Gasteiger partial charge is 0.480 e. The van der Waals surface area contributed by atoms with Crippen molar-refractivity contribution in [3.8, 4) is 0 Å². The number of hydrogen-bond acceptors (Lipinski definition) is 3. The SMILES string of the molecule is CCCCC(NS(=O)(=O)c1cccc(Cl)c1)C(=O)O. The van der Waals surface area contributed by atoms with E-state index in [1.807, 2.05) is 6.92 Å². The topological polar surface area (TPSA) is 83.5 Å². The van der Waals surface area contributed by atoms with Crippen LogP contribution in [0.5, 0.6) is 0 Å². The lowest BCUT2D eigenvalue weighted by Gasteiger charge is -2.14.